The molecule has 0 fully saturated rings. The van der Waals surface area contributed by atoms with Crippen molar-refractivity contribution < 1.29 is 19.4 Å². The van der Waals surface area contributed by atoms with Crippen LogP contribution in [-0.4, -0.2) is 29.3 Å². The van der Waals surface area contributed by atoms with E-state index >= 15 is 0 Å². The molecule has 170 valence electrons. The largest absolute Gasteiger partial charge is 0.479 e. The van der Waals surface area contributed by atoms with Gasteiger partial charge in [0.05, 0.1) is 6.61 Å². The van der Waals surface area contributed by atoms with Crippen molar-refractivity contribution >= 4 is 11.9 Å². The average molecular weight is 413 g/mol. The van der Waals surface area contributed by atoms with Crippen molar-refractivity contribution in [1.29, 1.82) is 0 Å². The van der Waals surface area contributed by atoms with Gasteiger partial charge in [-0.15, -0.1) is 0 Å². The Morgan fingerprint density at radius 1 is 0.828 bits per heavy atom. The van der Waals surface area contributed by atoms with Crippen molar-refractivity contribution in [1.82, 2.24) is 0 Å². The van der Waals surface area contributed by atoms with E-state index < -0.39 is 17.6 Å². The average Bonchev–Trinajstić information content (AvgIpc) is 2.68. The first-order chi connectivity index (χ1) is 13.9. The molecule has 0 aliphatic carbocycles. The molecular formula is C23H44N2O4. The molecule has 29 heavy (non-hydrogen) atoms. The van der Waals surface area contributed by atoms with Crippen molar-refractivity contribution in [3.8, 4) is 0 Å². The third-order valence-electron chi connectivity index (χ3n) is 5.06. The fourth-order valence-electron chi connectivity index (χ4n) is 3.02. The van der Waals surface area contributed by atoms with Crippen molar-refractivity contribution in [2.45, 2.75) is 115 Å². The molecule has 0 aliphatic rings. The van der Waals surface area contributed by atoms with Crippen molar-refractivity contribution in [2.24, 2.45) is 11.5 Å². The minimum absolute atomic E-state index is 0.0777. The van der Waals surface area contributed by atoms with Gasteiger partial charge in [0.1, 0.15) is 0 Å². The lowest BCUT2D eigenvalue weighted by Gasteiger charge is -2.18. The summed E-state index contributed by atoms with van der Waals surface area (Å²) in [4.78, 5) is 22.3. The number of nitrogens with two attached hydrogens (primary N) is 2. The Morgan fingerprint density at radius 2 is 1.31 bits per heavy atom. The Bertz CT molecular complexity index is 450. The maximum Gasteiger partial charge on any atom is 0.338 e. The van der Waals surface area contributed by atoms with E-state index in [2.05, 4.69) is 19.1 Å². The van der Waals surface area contributed by atoms with E-state index in [1.54, 1.807) is 0 Å². The minimum Gasteiger partial charge on any atom is -0.479 e. The SMILES string of the molecule is CCCCCCCC/C=C\CCCCCCCCOC(=O)CCC(N)(N)C(=O)O. The third kappa shape index (κ3) is 18.4. The van der Waals surface area contributed by atoms with Gasteiger partial charge in [0.2, 0.25) is 0 Å². The molecule has 0 aromatic carbocycles. The molecule has 0 saturated carbocycles. The summed E-state index contributed by atoms with van der Waals surface area (Å²) in [6.07, 6.45) is 21.7. The van der Waals surface area contributed by atoms with Gasteiger partial charge in [-0.3, -0.25) is 4.79 Å². The van der Waals surface area contributed by atoms with Gasteiger partial charge in [-0.05, 0) is 38.5 Å². The number of aliphatic carboxylic acids is 1. The second-order valence-corrected chi connectivity index (χ2v) is 8.00. The lowest BCUT2D eigenvalue weighted by atomic mass is 10.1. The number of carboxylic acids is 1. The summed E-state index contributed by atoms with van der Waals surface area (Å²) in [6.45, 7) is 2.62. The van der Waals surface area contributed by atoms with E-state index in [1.807, 2.05) is 0 Å². The van der Waals surface area contributed by atoms with Crippen LogP contribution in [0.25, 0.3) is 0 Å². The van der Waals surface area contributed by atoms with E-state index in [1.165, 1.54) is 70.6 Å². The van der Waals surface area contributed by atoms with Crippen molar-refractivity contribution in [3.05, 3.63) is 12.2 Å². The summed E-state index contributed by atoms with van der Waals surface area (Å²) in [6, 6.07) is 0. The number of hydrogen-bond donors (Lipinski definition) is 3. The van der Waals surface area contributed by atoms with E-state index in [-0.39, 0.29) is 12.8 Å². The number of carbonyl (C=O) groups excluding carboxylic acids is 1. The van der Waals surface area contributed by atoms with Gasteiger partial charge >= 0.3 is 11.9 Å². The second kappa shape index (κ2) is 18.6. The van der Waals surface area contributed by atoms with E-state index in [0.29, 0.717) is 6.61 Å². The standard InChI is InChI=1S/C23H44N2O4/c1-2-3-4-5-6-7-8-9-10-11-12-13-14-15-16-17-20-29-21(26)18-19-23(24,25)22(27)28/h9-10H,2-8,11-20,24-25H2,1H3,(H,27,28)/b10-9-. The number of carboxylic acid groups (broad SMARTS) is 1. The molecule has 0 atom stereocenters. The Balaban J connectivity index is 3.34. The van der Waals surface area contributed by atoms with Crippen molar-refractivity contribution in [3.63, 3.8) is 0 Å². The normalized spacial score (nSPS) is 11.8. The Hall–Kier alpha value is -1.40. The molecule has 0 bridgehead atoms. The summed E-state index contributed by atoms with van der Waals surface area (Å²) >= 11 is 0. The summed E-state index contributed by atoms with van der Waals surface area (Å²) in [5.74, 6) is -1.77. The number of rotatable bonds is 20. The second-order valence-electron chi connectivity index (χ2n) is 8.00. The molecule has 0 aliphatic heterocycles. The van der Waals surface area contributed by atoms with Crippen molar-refractivity contribution in [2.75, 3.05) is 6.61 Å². The van der Waals surface area contributed by atoms with Crippen LogP contribution in [0.4, 0.5) is 0 Å². The molecule has 0 heterocycles. The highest BCUT2D eigenvalue weighted by Crippen LogP contribution is 2.10. The Kier molecular flexibility index (Phi) is 17.7. The van der Waals surface area contributed by atoms with Crippen LogP contribution in [-0.2, 0) is 14.3 Å². The van der Waals surface area contributed by atoms with Crippen LogP contribution in [0.2, 0.25) is 0 Å². The zero-order valence-electron chi connectivity index (χ0n) is 18.5. The van der Waals surface area contributed by atoms with Crippen LogP contribution < -0.4 is 11.5 Å². The highest BCUT2D eigenvalue weighted by atomic mass is 16.5. The van der Waals surface area contributed by atoms with Crippen LogP contribution in [0.1, 0.15) is 110 Å². The molecule has 0 spiro atoms. The highest BCUT2D eigenvalue weighted by molar-refractivity contribution is 5.78. The van der Waals surface area contributed by atoms with Crippen LogP contribution >= 0.6 is 0 Å². The zero-order valence-corrected chi connectivity index (χ0v) is 18.5. The first kappa shape index (κ1) is 27.6. The first-order valence-electron chi connectivity index (χ1n) is 11.5. The fourth-order valence-corrected chi connectivity index (χ4v) is 3.02. The van der Waals surface area contributed by atoms with E-state index in [0.717, 1.165) is 19.3 Å². The van der Waals surface area contributed by atoms with E-state index in [4.69, 9.17) is 21.3 Å². The number of ether oxygens (including phenoxy) is 1. The predicted molar refractivity (Wildman–Crippen MR) is 118 cm³/mol. The molecule has 6 nitrogen and oxygen atoms in total. The molecule has 0 amide bonds. The predicted octanol–water partition coefficient (Wildman–Crippen LogP) is 5.05. The van der Waals surface area contributed by atoms with Gasteiger partial charge < -0.3 is 21.3 Å². The summed E-state index contributed by atoms with van der Waals surface area (Å²) < 4.78 is 5.08. The number of esters is 1. The van der Waals surface area contributed by atoms with Gasteiger partial charge in [0.15, 0.2) is 5.66 Å². The molecule has 5 N–H and O–H groups in total. The lowest BCUT2D eigenvalue weighted by molar-refractivity contribution is -0.146. The van der Waals surface area contributed by atoms with Crippen LogP contribution in [0.3, 0.4) is 0 Å². The lowest BCUT2D eigenvalue weighted by Crippen LogP contribution is -2.56. The minimum atomic E-state index is -1.87. The third-order valence-corrected chi connectivity index (χ3v) is 5.06. The fraction of sp³-hybridized carbons (Fsp3) is 0.826. The maximum absolute atomic E-state index is 11.5. The number of hydrogen-bond acceptors (Lipinski definition) is 5. The topological polar surface area (TPSA) is 116 Å². The maximum atomic E-state index is 11.5. The Labute approximate surface area is 177 Å². The number of unbranched alkanes of at least 4 members (excludes halogenated alkanes) is 12. The van der Waals surface area contributed by atoms with Crippen LogP contribution in [0.5, 0.6) is 0 Å². The molecular weight excluding hydrogens is 368 g/mol. The van der Waals surface area contributed by atoms with Crippen LogP contribution in [0.15, 0.2) is 12.2 Å². The Morgan fingerprint density at radius 3 is 1.83 bits per heavy atom. The zero-order chi connectivity index (χ0) is 21.8. The van der Waals surface area contributed by atoms with Crippen LogP contribution in [0, 0.1) is 0 Å². The quantitative estimate of drug-likeness (QED) is 0.112. The summed E-state index contributed by atoms with van der Waals surface area (Å²) in [7, 11) is 0. The highest BCUT2D eigenvalue weighted by Gasteiger charge is 2.29. The molecule has 0 unspecified atom stereocenters. The monoisotopic (exact) mass is 412 g/mol. The molecule has 0 rings (SSSR count). The smallest absolute Gasteiger partial charge is 0.338 e. The summed E-state index contributed by atoms with van der Waals surface area (Å²) in [5.41, 5.74) is 8.87. The van der Waals surface area contributed by atoms with Gasteiger partial charge in [-0.25, -0.2) is 4.79 Å². The van der Waals surface area contributed by atoms with Gasteiger partial charge in [0, 0.05) is 6.42 Å². The molecule has 0 aromatic rings. The molecule has 6 heteroatoms. The molecule has 0 radical (unpaired) electrons. The number of allylic oxidation sites excluding steroid dienone is 2. The number of carbonyl (C=O) groups is 2. The van der Waals surface area contributed by atoms with Gasteiger partial charge in [0.25, 0.3) is 0 Å². The first-order valence-corrected chi connectivity index (χ1v) is 11.5. The van der Waals surface area contributed by atoms with Gasteiger partial charge in [-0.2, -0.15) is 0 Å². The summed E-state index contributed by atoms with van der Waals surface area (Å²) in [5, 5.41) is 8.78. The molecule has 0 aromatic heterocycles. The molecule has 0 saturated heterocycles. The van der Waals surface area contributed by atoms with E-state index in [9.17, 15) is 9.59 Å². The van der Waals surface area contributed by atoms with Gasteiger partial charge in [-0.1, -0.05) is 76.9 Å².